The number of aromatic nitrogens is 1. The molecule has 1 heterocycles. The maximum atomic E-state index is 5.00. The zero-order valence-corrected chi connectivity index (χ0v) is 5.14. The highest BCUT2D eigenvalue weighted by Crippen LogP contribution is 2.03. The van der Waals surface area contributed by atoms with Gasteiger partial charge in [-0.25, -0.2) is 4.98 Å². The van der Waals surface area contributed by atoms with E-state index in [1.54, 1.807) is 0 Å². The van der Waals surface area contributed by atoms with E-state index in [2.05, 4.69) is 4.98 Å². The fraction of sp³-hybridized carbons (Fsp3) is 0.500. The summed E-state index contributed by atoms with van der Waals surface area (Å²) in [4.78, 5) is 3.92. The number of aryl methyl sites for hydroxylation is 2. The summed E-state index contributed by atoms with van der Waals surface area (Å²) < 4.78 is 5.00. The van der Waals surface area contributed by atoms with Crippen LogP contribution in [0.1, 0.15) is 18.4 Å². The maximum absolute atomic E-state index is 5.00. The minimum atomic E-state index is 0.936. The Bertz CT molecular complexity index is 169. The fourth-order valence-corrected chi connectivity index (χ4v) is 0.665. The van der Waals surface area contributed by atoms with Gasteiger partial charge in [0, 0.05) is 6.42 Å². The number of hydrogen-bond donors (Lipinski definition) is 0. The molecule has 0 atom stereocenters. The lowest BCUT2D eigenvalue weighted by Gasteiger charge is -1.84. The first kappa shape index (κ1) is 5.35. The largest absolute Gasteiger partial charge is 0.448 e. The Morgan fingerprint density at radius 3 is 2.75 bits per heavy atom. The van der Waals surface area contributed by atoms with E-state index in [9.17, 15) is 0 Å². The van der Waals surface area contributed by atoms with Crippen molar-refractivity contribution in [1.82, 2.24) is 4.98 Å². The first-order valence-corrected chi connectivity index (χ1v) is 2.73. The Balaban J connectivity index is 2.92. The molecule has 0 unspecified atom stereocenters. The van der Waals surface area contributed by atoms with Crippen molar-refractivity contribution in [2.45, 2.75) is 20.3 Å². The molecular weight excluding hydrogens is 102 g/mol. The van der Waals surface area contributed by atoms with Crippen LogP contribution in [-0.4, -0.2) is 4.98 Å². The fourth-order valence-electron chi connectivity index (χ4n) is 0.665. The lowest BCUT2D eigenvalue weighted by molar-refractivity contribution is 0.508. The van der Waals surface area contributed by atoms with Crippen LogP contribution in [0.25, 0.3) is 0 Å². The molecule has 0 N–H and O–H groups in total. The summed E-state index contributed by atoms with van der Waals surface area (Å²) in [5.74, 6) is 0.991. The highest BCUT2D eigenvalue weighted by atomic mass is 16.3. The minimum Gasteiger partial charge on any atom is -0.448 e. The lowest BCUT2D eigenvalue weighted by atomic mass is 10.3. The van der Waals surface area contributed by atoms with Crippen LogP contribution >= 0.6 is 0 Å². The number of oxazole rings is 1. The van der Waals surface area contributed by atoms with E-state index in [1.807, 2.05) is 13.8 Å². The molecule has 0 fully saturated rings. The van der Waals surface area contributed by atoms with Crippen molar-refractivity contribution in [2.75, 3.05) is 0 Å². The first-order chi connectivity index (χ1) is 3.84. The monoisotopic (exact) mass is 111 g/mol. The van der Waals surface area contributed by atoms with Crippen LogP contribution in [0.15, 0.2) is 10.8 Å². The molecule has 2 nitrogen and oxygen atoms in total. The molecule has 0 aliphatic carbocycles. The quantitative estimate of drug-likeness (QED) is 0.549. The highest BCUT2D eigenvalue weighted by Gasteiger charge is 1.96. The summed E-state index contributed by atoms with van der Waals surface area (Å²) in [6.45, 7) is 4.00. The van der Waals surface area contributed by atoms with Gasteiger partial charge in [-0.05, 0) is 6.92 Å². The van der Waals surface area contributed by atoms with Gasteiger partial charge < -0.3 is 4.42 Å². The zero-order chi connectivity index (χ0) is 5.98. The van der Waals surface area contributed by atoms with Crippen LogP contribution in [0, 0.1) is 6.92 Å². The Labute approximate surface area is 48.5 Å². The van der Waals surface area contributed by atoms with Crippen LogP contribution in [0.3, 0.4) is 0 Å². The van der Waals surface area contributed by atoms with Crippen molar-refractivity contribution in [3.63, 3.8) is 0 Å². The highest BCUT2D eigenvalue weighted by molar-refractivity contribution is 5.03. The van der Waals surface area contributed by atoms with Crippen LogP contribution < -0.4 is 0 Å². The molecule has 1 rings (SSSR count). The summed E-state index contributed by atoms with van der Waals surface area (Å²) in [5.41, 5.74) is 1.01. The van der Waals surface area contributed by atoms with Crippen LogP contribution in [0.5, 0.6) is 0 Å². The van der Waals surface area contributed by atoms with Crippen molar-refractivity contribution < 1.29 is 4.42 Å². The molecule has 0 aliphatic heterocycles. The number of rotatable bonds is 1. The second-order valence-corrected chi connectivity index (χ2v) is 1.71. The molecule has 0 bridgehead atoms. The Morgan fingerprint density at radius 1 is 1.75 bits per heavy atom. The summed E-state index contributed by atoms with van der Waals surface area (Å²) in [6.07, 6.45) is 2.42. The van der Waals surface area contributed by atoms with Gasteiger partial charge in [0.05, 0.1) is 5.69 Å². The third-order valence-electron chi connectivity index (χ3n) is 1.17. The molecule has 2 heteroatoms. The van der Waals surface area contributed by atoms with Gasteiger partial charge in [0.2, 0.25) is 0 Å². The second-order valence-electron chi connectivity index (χ2n) is 1.71. The Morgan fingerprint density at radius 2 is 2.50 bits per heavy atom. The topological polar surface area (TPSA) is 26.0 Å². The van der Waals surface area contributed by atoms with E-state index in [0.29, 0.717) is 0 Å². The van der Waals surface area contributed by atoms with Gasteiger partial charge in [-0.2, -0.15) is 0 Å². The van der Waals surface area contributed by atoms with Gasteiger partial charge >= 0.3 is 0 Å². The van der Waals surface area contributed by atoms with E-state index in [4.69, 9.17) is 4.42 Å². The molecule has 0 radical (unpaired) electrons. The molecule has 0 saturated heterocycles. The molecule has 0 aliphatic rings. The molecule has 0 aromatic carbocycles. The van der Waals surface area contributed by atoms with Crippen LogP contribution in [0.4, 0.5) is 0 Å². The van der Waals surface area contributed by atoms with Gasteiger partial charge in [0.15, 0.2) is 6.39 Å². The number of hydrogen-bond acceptors (Lipinski definition) is 2. The molecule has 0 saturated carbocycles. The van der Waals surface area contributed by atoms with Crippen molar-refractivity contribution in [1.29, 1.82) is 0 Å². The van der Waals surface area contributed by atoms with Crippen molar-refractivity contribution >= 4 is 0 Å². The predicted molar refractivity (Wildman–Crippen MR) is 30.6 cm³/mol. The van der Waals surface area contributed by atoms with Gasteiger partial charge in [-0.1, -0.05) is 6.92 Å². The zero-order valence-electron chi connectivity index (χ0n) is 5.14. The molecular formula is C6H9NO. The van der Waals surface area contributed by atoms with Gasteiger partial charge in [0.1, 0.15) is 5.76 Å². The standard InChI is InChI=1S/C6H9NO/c1-3-6-5(2)7-4-8-6/h4H,3H2,1-2H3. The average Bonchev–Trinajstić information content (AvgIpc) is 2.14. The van der Waals surface area contributed by atoms with Gasteiger partial charge in [0.25, 0.3) is 0 Å². The van der Waals surface area contributed by atoms with Crippen molar-refractivity contribution in [2.24, 2.45) is 0 Å². The van der Waals surface area contributed by atoms with Crippen molar-refractivity contribution in [3.8, 4) is 0 Å². The summed E-state index contributed by atoms with van der Waals surface area (Å²) >= 11 is 0. The Hall–Kier alpha value is -0.790. The van der Waals surface area contributed by atoms with E-state index in [0.717, 1.165) is 17.9 Å². The lowest BCUT2D eigenvalue weighted by Crippen LogP contribution is -1.77. The summed E-state index contributed by atoms with van der Waals surface area (Å²) in [6, 6.07) is 0. The van der Waals surface area contributed by atoms with Gasteiger partial charge in [-0.15, -0.1) is 0 Å². The average molecular weight is 111 g/mol. The van der Waals surface area contributed by atoms with E-state index in [1.165, 1.54) is 6.39 Å². The van der Waals surface area contributed by atoms with Crippen LogP contribution in [-0.2, 0) is 6.42 Å². The van der Waals surface area contributed by atoms with E-state index < -0.39 is 0 Å². The Kier molecular flexibility index (Phi) is 1.33. The molecule has 0 spiro atoms. The molecule has 1 aromatic rings. The SMILES string of the molecule is CCc1ocnc1C. The molecule has 0 amide bonds. The van der Waals surface area contributed by atoms with Crippen molar-refractivity contribution in [3.05, 3.63) is 17.8 Å². The first-order valence-electron chi connectivity index (χ1n) is 2.73. The van der Waals surface area contributed by atoms with E-state index in [-0.39, 0.29) is 0 Å². The van der Waals surface area contributed by atoms with Gasteiger partial charge in [-0.3, -0.25) is 0 Å². The maximum Gasteiger partial charge on any atom is 0.181 e. The predicted octanol–water partition coefficient (Wildman–Crippen LogP) is 1.55. The molecule has 8 heavy (non-hydrogen) atoms. The van der Waals surface area contributed by atoms with Crippen LogP contribution in [0.2, 0.25) is 0 Å². The normalized spacial score (nSPS) is 9.75. The molecule has 44 valence electrons. The summed E-state index contributed by atoms with van der Waals surface area (Å²) in [7, 11) is 0. The minimum absolute atomic E-state index is 0.936. The summed E-state index contributed by atoms with van der Waals surface area (Å²) in [5, 5.41) is 0. The van der Waals surface area contributed by atoms with E-state index >= 15 is 0 Å². The third-order valence-corrected chi connectivity index (χ3v) is 1.17. The second kappa shape index (κ2) is 1.99. The number of nitrogens with zero attached hydrogens (tertiary/aromatic N) is 1. The molecule has 1 aromatic heterocycles. The third kappa shape index (κ3) is 0.735. The smallest absolute Gasteiger partial charge is 0.181 e.